The van der Waals surface area contributed by atoms with Crippen molar-refractivity contribution in [3.8, 4) is 0 Å². The van der Waals surface area contributed by atoms with Crippen molar-refractivity contribution in [3.63, 3.8) is 0 Å². The van der Waals surface area contributed by atoms with Crippen molar-refractivity contribution in [1.82, 2.24) is 0 Å². The van der Waals surface area contributed by atoms with Crippen molar-refractivity contribution in [3.05, 3.63) is 48.2 Å². The number of allylic oxidation sites excluding steroid dienone is 4. The Morgan fingerprint density at radius 1 is 0.962 bits per heavy atom. The minimum absolute atomic E-state index is 0. The molecule has 2 nitrogen and oxygen atoms in total. The van der Waals surface area contributed by atoms with Crippen molar-refractivity contribution in [2.45, 2.75) is 78.0 Å². The normalized spacial score (nSPS) is 15.0. The summed E-state index contributed by atoms with van der Waals surface area (Å²) in [5, 5.41) is 4.98. The summed E-state index contributed by atoms with van der Waals surface area (Å²) in [5.41, 5.74) is 5.67. The molecule has 1 aliphatic rings. The van der Waals surface area contributed by atoms with E-state index in [1.807, 2.05) is 0 Å². The Balaban J connectivity index is -0.00000127. The smallest absolute Gasteiger partial charge is 0.656 e. The molecule has 0 aliphatic carbocycles. The van der Waals surface area contributed by atoms with Crippen molar-refractivity contribution in [2.24, 2.45) is 0 Å². The van der Waals surface area contributed by atoms with E-state index in [1.54, 1.807) is 0 Å². The van der Waals surface area contributed by atoms with Crippen LogP contribution in [0.4, 0.5) is 0 Å². The molecular formula is C21H40MnNOP2+2. The fourth-order valence-corrected chi connectivity index (χ4v) is 8.40. The molecule has 0 radical (unpaired) electrons. The molecule has 1 heterocycles. The van der Waals surface area contributed by atoms with Crippen LogP contribution in [0.25, 0.3) is 5.32 Å². The van der Waals surface area contributed by atoms with Gasteiger partial charge in [0.25, 0.3) is 0 Å². The number of rotatable bonds is 7. The van der Waals surface area contributed by atoms with E-state index in [-0.39, 0.29) is 32.4 Å². The van der Waals surface area contributed by atoms with Crippen molar-refractivity contribution in [2.75, 3.05) is 6.16 Å². The van der Waals surface area contributed by atoms with Gasteiger partial charge in [-0.1, -0.05) is 18.2 Å². The van der Waals surface area contributed by atoms with Gasteiger partial charge in [0.15, 0.2) is 0 Å². The second-order valence-corrected chi connectivity index (χ2v) is 15.0. The average Bonchev–Trinajstić information content (AvgIpc) is 2.51. The molecule has 0 aromatic carbocycles. The van der Waals surface area contributed by atoms with E-state index in [1.165, 1.54) is 17.6 Å². The summed E-state index contributed by atoms with van der Waals surface area (Å²) < 4.78 is 0. The van der Waals surface area contributed by atoms with Crippen LogP contribution in [-0.4, -0.2) is 35.6 Å². The molecule has 0 saturated carbocycles. The van der Waals surface area contributed by atoms with Crippen LogP contribution in [0.2, 0.25) is 0 Å². The van der Waals surface area contributed by atoms with E-state index in [4.69, 9.17) is 10.1 Å². The van der Waals surface area contributed by atoms with Crippen molar-refractivity contribution >= 4 is 22.6 Å². The predicted octanol–water partition coefficient (Wildman–Crippen LogP) is 6.89. The van der Waals surface area contributed by atoms with Crippen LogP contribution in [0.15, 0.2) is 35.4 Å². The van der Waals surface area contributed by atoms with Gasteiger partial charge in [-0.15, -0.1) is 11.4 Å². The molecule has 0 saturated heterocycles. The average molecular weight is 439 g/mol. The van der Waals surface area contributed by atoms with Gasteiger partial charge in [-0.3, -0.25) is 6.79 Å². The summed E-state index contributed by atoms with van der Waals surface area (Å²) in [4.78, 5) is 7.75. The van der Waals surface area contributed by atoms with E-state index in [9.17, 15) is 0 Å². The van der Waals surface area contributed by atoms with Gasteiger partial charge in [-0.25, -0.2) is 0 Å². The summed E-state index contributed by atoms with van der Waals surface area (Å²) in [6.45, 7) is 22.2. The van der Waals surface area contributed by atoms with Crippen LogP contribution in [-0.2, 0) is 21.9 Å². The molecule has 1 aliphatic heterocycles. The van der Waals surface area contributed by atoms with Gasteiger partial charge in [0.2, 0.25) is 0 Å². The molecule has 0 atom stereocenters. The largest absolute Gasteiger partial charge is 3.00 e. The first-order chi connectivity index (χ1) is 11.2. The minimum atomic E-state index is -0.487. The minimum Gasteiger partial charge on any atom is -0.656 e. The van der Waals surface area contributed by atoms with Gasteiger partial charge in [-0.2, -0.15) is 0 Å². The molecule has 0 amide bonds. The monoisotopic (exact) mass is 439 g/mol. The summed E-state index contributed by atoms with van der Waals surface area (Å²) in [6.07, 6.45) is 7.82. The third kappa shape index (κ3) is 11.0. The van der Waals surface area contributed by atoms with Gasteiger partial charge < -0.3 is 17.5 Å². The summed E-state index contributed by atoms with van der Waals surface area (Å²) in [5.74, 6) is 2.49. The third-order valence-electron chi connectivity index (χ3n) is 4.34. The van der Waals surface area contributed by atoms with Crippen LogP contribution in [0.1, 0.15) is 55.4 Å². The summed E-state index contributed by atoms with van der Waals surface area (Å²) in [6, 6.07) is 0. The Morgan fingerprint density at radius 2 is 1.42 bits per heavy atom. The molecule has 0 N–H and O–H groups in total. The fraction of sp³-hybridized carbons (Fsp3) is 0.619. The van der Waals surface area contributed by atoms with Crippen LogP contribution in [0.5, 0.6) is 0 Å². The molecule has 0 fully saturated rings. The molecule has 0 unspecified atom stereocenters. The topological polar surface area (TPSA) is 31.2 Å². The van der Waals surface area contributed by atoms with Gasteiger partial charge in [0.05, 0.1) is 28.8 Å². The zero-order chi connectivity index (χ0) is 18.9. The first kappa shape index (κ1) is 30.8. The maximum absolute atomic E-state index is 7.75. The zero-order valence-electron chi connectivity index (χ0n) is 18.1. The molecule has 150 valence electrons. The Labute approximate surface area is 176 Å². The molecule has 26 heavy (non-hydrogen) atoms. The number of hydrogen-bond acceptors (Lipinski definition) is 1. The van der Waals surface area contributed by atoms with Gasteiger partial charge in [0.1, 0.15) is 0 Å². The predicted molar refractivity (Wildman–Crippen MR) is 124 cm³/mol. The quantitative estimate of drug-likeness (QED) is 0.184. The van der Waals surface area contributed by atoms with Crippen molar-refractivity contribution < 1.29 is 21.9 Å². The molecule has 0 bridgehead atoms. The van der Waals surface area contributed by atoms with Crippen molar-refractivity contribution in [1.29, 1.82) is 0 Å². The Bertz CT molecular complexity index is 441. The van der Waals surface area contributed by atoms with Gasteiger partial charge in [0, 0.05) is 21.7 Å². The second-order valence-electron chi connectivity index (χ2n) is 7.57. The van der Waals surface area contributed by atoms with Crippen LogP contribution < -0.4 is 0 Å². The Kier molecular flexibility index (Phi) is 19.0. The van der Waals surface area contributed by atoms with E-state index < -0.39 is 7.92 Å². The number of carbonyl (C=O) groups excluding carboxylic acids is 1. The number of nitrogens with zero attached hydrogens (tertiary/aromatic N) is 1. The summed E-state index contributed by atoms with van der Waals surface area (Å²) in [7, 11) is -0.863. The second kappa shape index (κ2) is 16.1. The Hall–Kier alpha value is 0.0695. The molecule has 5 heteroatoms. The maximum atomic E-state index is 7.75. The fourth-order valence-electron chi connectivity index (χ4n) is 3.13. The van der Waals surface area contributed by atoms with Gasteiger partial charge in [-0.05, 0) is 55.4 Å². The SMILES string of the molecule is CC(C)[PH+](C=C1C=CC=C(C[PH+](C(C)C)C(C)C)[N-]1)C(C)C.[CH-]=O.[CH3-].[Mn+3]. The maximum Gasteiger partial charge on any atom is 3.00 e. The third-order valence-corrected chi connectivity index (χ3v) is 11.4. The first-order valence-electron chi connectivity index (χ1n) is 8.98. The first-order valence-corrected chi connectivity index (χ1v) is 12.6. The van der Waals surface area contributed by atoms with Crippen LogP contribution >= 0.6 is 15.8 Å². The molecular weight excluding hydrogens is 399 g/mol. The number of hydrogen-bond donors (Lipinski definition) is 0. The van der Waals surface area contributed by atoms with E-state index >= 15 is 0 Å². The molecule has 0 spiro atoms. The van der Waals surface area contributed by atoms with E-state index in [0.29, 0.717) is 0 Å². The summed E-state index contributed by atoms with van der Waals surface area (Å²) >= 11 is 0. The van der Waals surface area contributed by atoms with E-state index in [2.05, 4.69) is 86.2 Å². The molecule has 0 aromatic heterocycles. The van der Waals surface area contributed by atoms with E-state index in [0.717, 1.165) is 22.6 Å². The zero-order valence-corrected chi connectivity index (χ0v) is 21.3. The molecule has 1 rings (SSSR count). The van der Waals surface area contributed by atoms with Crippen LogP contribution in [0, 0.1) is 7.43 Å². The Morgan fingerprint density at radius 3 is 1.81 bits per heavy atom. The van der Waals surface area contributed by atoms with Gasteiger partial charge >= 0.3 is 17.1 Å². The van der Waals surface area contributed by atoms with Crippen LogP contribution in [0.3, 0.4) is 0 Å². The standard InChI is InChI=1S/C19H34NP2.CHO.CH3.Mn/c1-14(2)21(15(3)4)12-18-10-9-11-19(20-18)13-22(16(5)6)17(7)8;1-2;;/h9-12,14-17H,13H2,1-8H3;1H;1H3;/q3*-1;+3/p+2. The molecule has 0 aromatic rings.